The number of carbonyl (C=O) groups is 2. The van der Waals surface area contributed by atoms with E-state index >= 15 is 0 Å². The Hall–Kier alpha value is -5.60. The van der Waals surface area contributed by atoms with Gasteiger partial charge in [-0.1, -0.05) is 18.2 Å². The summed E-state index contributed by atoms with van der Waals surface area (Å²) in [6.07, 6.45) is 3.89. The van der Waals surface area contributed by atoms with Crippen molar-refractivity contribution in [2.45, 2.75) is 13.1 Å². The van der Waals surface area contributed by atoms with Crippen LogP contribution in [0.5, 0.6) is 0 Å². The highest BCUT2D eigenvalue weighted by Gasteiger charge is 2.12. The summed E-state index contributed by atoms with van der Waals surface area (Å²) < 4.78 is 4.02. The van der Waals surface area contributed by atoms with Gasteiger partial charge in [-0.15, -0.1) is 0 Å². The number of aliphatic hydroxyl groups is 1. The molecule has 0 saturated heterocycles. The van der Waals surface area contributed by atoms with Crippen molar-refractivity contribution in [1.29, 1.82) is 0 Å². The number of aromatic nitrogens is 3. The lowest BCUT2D eigenvalue weighted by atomic mass is 10.1. The third-order valence-electron chi connectivity index (χ3n) is 7.76. The number of carbonyl (C=O) groups excluding carboxylic acids is 2. The summed E-state index contributed by atoms with van der Waals surface area (Å²) in [6, 6.07) is 32.9. The molecule has 2 amide bonds. The largest absolute Gasteiger partial charge is 0.395 e. The fourth-order valence-electron chi connectivity index (χ4n) is 5.57. The van der Waals surface area contributed by atoms with E-state index < -0.39 is 0 Å². The summed E-state index contributed by atoms with van der Waals surface area (Å²) in [7, 11) is 0. The minimum absolute atomic E-state index is 0.0613. The van der Waals surface area contributed by atoms with Crippen molar-refractivity contribution < 1.29 is 14.7 Å². The molecular formula is C35H29N5O3. The third-order valence-corrected chi connectivity index (χ3v) is 7.76. The molecule has 0 aliphatic rings. The highest BCUT2D eigenvalue weighted by Crippen LogP contribution is 2.25. The second-order valence-corrected chi connectivity index (χ2v) is 10.5. The van der Waals surface area contributed by atoms with E-state index in [1.54, 1.807) is 6.07 Å². The molecule has 0 radical (unpaired) electrons. The molecule has 0 aliphatic carbocycles. The Balaban J connectivity index is 1.02. The van der Waals surface area contributed by atoms with Crippen molar-refractivity contribution in [3.05, 3.63) is 132 Å². The maximum Gasteiger partial charge on any atom is 0.255 e. The van der Waals surface area contributed by atoms with Gasteiger partial charge in [-0.3, -0.25) is 9.59 Å². The molecule has 3 aromatic heterocycles. The van der Waals surface area contributed by atoms with Crippen LogP contribution in [0.15, 0.2) is 116 Å². The van der Waals surface area contributed by atoms with Gasteiger partial charge in [-0.25, -0.2) is 0 Å². The number of nitrogens with one attached hydrogen (secondary N) is 3. The summed E-state index contributed by atoms with van der Waals surface area (Å²) >= 11 is 0. The number of aliphatic hydroxyl groups excluding tert-OH is 1. The number of para-hydroxylation sites is 1. The number of fused-ring (bicyclic) bond motifs is 3. The van der Waals surface area contributed by atoms with E-state index in [0.29, 0.717) is 29.9 Å². The van der Waals surface area contributed by atoms with Crippen LogP contribution in [0.4, 0.5) is 5.69 Å². The van der Waals surface area contributed by atoms with Crippen molar-refractivity contribution in [2.24, 2.45) is 0 Å². The first kappa shape index (κ1) is 26.3. The number of nitrogens with zero attached hydrogens (tertiary/aromatic N) is 2. The van der Waals surface area contributed by atoms with Gasteiger partial charge in [0.05, 0.1) is 18.7 Å². The van der Waals surface area contributed by atoms with Gasteiger partial charge in [-0.2, -0.15) is 0 Å². The van der Waals surface area contributed by atoms with Crippen LogP contribution < -0.4 is 10.6 Å². The number of amides is 2. The summed E-state index contributed by atoms with van der Waals surface area (Å²) in [5, 5.41) is 18.3. The van der Waals surface area contributed by atoms with E-state index in [9.17, 15) is 14.7 Å². The Kier molecular flexibility index (Phi) is 6.73. The van der Waals surface area contributed by atoms with Gasteiger partial charge in [-0.05, 0) is 90.3 Å². The van der Waals surface area contributed by atoms with Crippen LogP contribution in [0.25, 0.3) is 38.4 Å². The number of hydrogen-bond acceptors (Lipinski definition) is 3. The number of rotatable bonds is 8. The number of hydrogen-bond donors (Lipinski definition) is 4. The zero-order valence-electron chi connectivity index (χ0n) is 23.2. The highest BCUT2D eigenvalue weighted by atomic mass is 16.3. The molecule has 212 valence electrons. The zero-order chi connectivity index (χ0) is 29.3. The lowest BCUT2D eigenvalue weighted by Gasteiger charge is -2.09. The minimum Gasteiger partial charge on any atom is -0.395 e. The van der Waals surface area contributed by atoms with E-state index in [1.807, 2.05) is 114 Å². The van der Waals surface area contributed by atoms with E-state index in [-0.39, 0.29) is 18.4 Å². The molecule has 0 atom stereocenters. The molecule has 0 unspecified atom stereocenters. The average molecular weight is 568 g/mol. The monoisotopic (exact) mass is 567 g/mol. The second-order valence-electron chi connectivity index (χ2n) is 10.5. The summed E-state index contributed by atoms with van der Waals surface area (Å²) in [5.74, 6) is -0.321. The molecule has 4 aromatic carbocycles. The normalized spacial score (nSPS) is 11.4. The number of anilines is 1. The Morgan fingerprint density at radius 2 is 1.49 bits per heavy atom. The van der Waals surface area contributed by atoms with Gasteiger partial charge in [0.25, 0.3) is 11.8 Å². The molecule has 3 heterocycles. The van der Waals surface area contributed by atoms with E-state index in [2.05, 4.69) is 20.2 Å². The first-order chi connectivity index (χ1) is 21.1. The highest BCUT2D eigenvalue weighted by molar-refractivity contribution is 6.07. The number of benzene rings is 4. The van der Waals surface area contributed by atoms with E-state index in [0.717, 1.165) is 44.1 Å². The van der Waals surface area contributed by atoms with Crippen LogP contribution in [-0.2, 0) is 13.1 Å². The lowest BCUT2D eigenvalue weighted by molar-refractivity contribution is 0.0949. The minimum atomic E-state index is -0.186. The van der Waals surface area contributed by atoms with Crippen molar-refractivity contribution >= 4 is 50.2 Å². The number of H-pyrrole nitrogens is 1. The molecule has 0 fully saturated rings. The van der Waals surface area contributed by atoms with Crippen LogP contribution in [0.3, 0.4) is 0 Å². The molecule has 43 heavy (non-hydrogen) atoms. The fourth-order valence-corrected chi connectivity index (χ4v) is 5.57. The van der Waals surface area contributed by atoms with Gasteiger partial charge < -0.3 is 29.9 Å². The Morgan fingerprint density at radius 1 is 0.721 bits per heavy atom. The van der Waals surface area contributed by atoms with Gasteiger partial charge >= 0.3 is 0 Å². The van der Waals surface area contributed by atoms with Crippen LogP contribution in [0, 0.1) is 0 Å². The Morgan fingerprint density at radius 3 is 2.33 bits per heavy atom. The van der Waals surface area contributed by atoms with Gasteiger partial charge in [0.15, 0.2) is 0 Å². The molecule has 0 spiro atoms. The first-order valence-electron chi connectivity index (χ1n) is 14.1. The van der Waals surface area contributed by atoms with Crippen LogP contribution in [-0.4, -0.2) is 37.6 Å². The van der Waals surface area contributed by atoms with E-state index in [4.69, 9.17) is 0 Å². The molecule has 0 bridgehead atoms. The molecule has 7 aromatic rings. The third kappa shape index (κ3) is 5.16. The topological polar surface area (TPSA) is 104 Å². The fraction of sp³-hybridized carbons (Fsp3) is 0.0857. The van der Waals surface area contributed by atoms with Gasteiger partial charge in [0, 0.05) is 68.9 Å². The molecule has 4 N–H and O–H groups in total. The van der Waals surface area contributed by atoms with Crippen LogP contribution in [0.1, 0.15) is 26.4 Å². The zero-order valence-corrected chi connectivity index (χ0v) is 23.2. The average Bonchev–Trinajstić information content (AvgIpc) is 3.76. The van der Waals surface area contributed by atoms with Crippen molar-refractivity contribution in [2.75, 3.05) is 11.9 Å². The standard InChI is InChI=1S/C35H29N5O3/c41-18-17-39-15-13-25-19-27(7-11-32(25)39)35(43)38-28-8-12-33-26(21-28)14-16-40(33)30-9-5-23(6-10-30)34(42)36-22-29-20-24-3-1-2-4-31(24)37-29/h1-16,19-21,37,41H,17-18,22H2,(H,36,42)(H,38,43). The maximum absolute atomic E-state index is 13.0. The summed E-state index contributed by atoms with van der Waals surface area (Å²) in [6.45, 7) is 0.996. The SMILES string of the molecule is O=C(NCc1cc2ccccc2[nH]1)c1ccc(-n2ccc3cc(NC(=O)c4ccc5c(ccn5CCO)c4)ccc32)cc1. The van der Waals surface area contributed by atoms with Crippen LogP contribution >= 0.6 is 0 Å². The molecule has 8 nitrogen and oxygen atoms in total. The maximum atomic E-state index is 13.0. The molecule has 0 aliphatic heterocycles. The van der Waals surface area contributed by atoms with Gasteiger partial charge in [0.1, 0.15) is 0 Å². The van der Waals surface area contributed by atoms with E-state index in [1.165, 1.54) is 0 Å². The molecule has 7 rings (SSSR count). The summed E-state index contributed by atoms with van der Waals surface area (Å²) in [5.41, 5.74) is 6.76. The Bertz CT molecular complexity index is 2080. The molecule has 8 heteroatoms. The van der Waals surface area contributed by atoms with Crippen molar-refractivity contribution in [3.8, 4) is 5.69 Å². The van der Waals surface area contributed by atoms with Gasteiger partial charge in [0.2, 0.25) is 0 Å². The molecule has 0 saturated carbocycles. The summed E-state index contributed by atoms with van der Waals surface area (Å²) in [4.78, 5) is 29.1. The quantitative estimate of drug-likeness (QED) is 0.175. The van der Waals surface area contributed by atoms with Crippen molar-refractivity contribution in [3.63, 3.8) is 0 Å². The van der Waals surface area contributed by atoms with Crippen molar-refractivity contribution in [1.82, 2.24) is 19.4 Å². The lowest BCUT2D eigenvalue weighted by Crippen LogP contribution is -2.22. The predicted molar refractivity (Wildman–Crippen MR) is 170 cm³/mol. The predicted octanol–water partition coefficient (Wildman–Crippen LogP) is 6.24. The second kappa shape index (κ2) is 11.0. The Labute approximate surface area is 247 Å². The smallest absolute Gasteiger partial charge is 0.255 e. The molecular weight excluding hydrogens is 538 g/mol. The number of aromatic amines is 1. The van der Waals surface area contributed by atoms with Crippen LogP contribution in [0.2, 0.25) is 0 Å². The first-order valence-corrected chi connectivity index (χ1v) is 14.1.